The summed E-state index contributed by atoms with van der Waals surface area (Å²) in [5.74, 6) is -0.643. The summed E-state index contributed by atoms with van der Waals surface area (Å²) in [6.45, 7) is 1.05. The molecule has 1 aromatic carbocycles. The molecule has 0 radical (unpaired) electrons. The van der Waals surface area contributed by atoms with E-state index in [1.807, 2.05) is 12.1 Å². The van der Waals surface area contributed by atoms with Gasteiger partial charge in [-0.15, -0.1) is 0 Å². The molecule has 0 aromatic heterocycles. The number of nitrogens with one attached hydrogen (secondary N) is 3. The zero-order valence-electron chi connectivity index (χ0n) is 11.8. The molecule has 0 spiro atoms. The van der Waals surface area contributed by atoms with E-state index in [-0.39, 0.29) is 6.54 Å². The predicted octanol–water partition coefficient (Wildman–Crippen LogP) is -0.436. The van der Waals surface area contributed by atoms with Crippen LogP contribution in [0.1, 0.15) is 12.0 Å². The number of ether oxygens (including phenoxy) is 1. The number of benzene rings is 1. The summed E-state index contributed by atoms with van der Waals surface area (Å²) in [5, 5.41) is 7.46. The first-order valence-corrected chi connectivity index (χ1v) is 6.53. The van der Waals surface area contributed by atoms with E-state index in [2.05, 4.69) is 16.0 Å². The van der Waals surface area contributed by atoms with Crippen LogP contribution in [0.2, 0.25) is 0 Å². The second-order valence-corrected chi connectivity index (χ2v) is 4.21. The Hall–Kier alpha value is -2.57. The van der Waals surface area contributed by atoms with Crippen molar-refractivity contribution in [2.75, 3.05) is 20.2 Å². The van der Waals surface area contributed by atoms with E-state index in [0.717, 1.165) is 11.3 Å². The highest BCUT2D eigenvalue weighted by molar-refractivity contribution is 6.35. The predicted molar refractivity (Wildman–Crippen MR) is 76.5 cm³/mol. The second kappa shape index (κ2) is 9.35. The van der Waals surface area contributed by atoms with Gasteiger partial charge in [0.2, 0.25) is 6.41 Å². The first kappa shape index (κ1) is 16.5. The maximum Gasteiger partial charge on any atom is 0.309 e. The highest BCUT2D eigenvalue weighted by Crippen LogP contribution is 2.10. The fraction of sp³-hybridized carbons (Fsp3) is 0.357. The summed E-state index contributed by atoms with van der Waals surface area (Å²) in [6, 6.07) is 7.17. The van der Waals surface area contributed by atoms with Crippen molar-refractivity contribution in [2.45, 2.75) is 13.0 Å². The van der Waals surface area contributed by atoms with Crippen LogP contribution in [0.5, 0.6) is 5.75 Å². The van der Waals surface area contributed by atoms with Gasteiger partial charge in [-0.25, -0.2) is 0 Å². The molecular weight excluding hydrogens is 274 g/mol. The van der Waals surface area contributed by atoms with E-state index >= 15 is 0 Å². The lowest BCUT2D eigenvalue weighted by atomic mass is 10.2. The Balaban J connectivity index is 2.25. The lowest BCUT2D eigenvalue weighted by molar-refractivity contribution is -0.139. The number of carbonyl (C=O) groups is 3. The first-order chi connectivity index (χ1) is 10.2. The van der Waals surface area contributed by atoms with Gasteiger partial charge in [0.1, 0.15) is 5.75 Å². The highest BCUT2D eigenvalue weighted by Gasteiger charge is 2.11. The summed E-state index contributed by atoms with van der Waals surface area (Å²) in [6.07, 6.45) is 1.15. The molecule has 0 aliphatic carbocycles. The molecule has 0 aliphatic rings. The molecule has 7 nitrogen and oxygen atoms in total. The van der Waals surface area contributed by atoms with Crippen molar-refractivity contribution < 1.29 is 19.1 Å². The van der Waals surface area contributed by atoms with Crippen molar-refractivity contribution in [3.63, 3.8) is 0 Å². The van der Waals surface area contributed by atoms with Gasteiger partial charge < -0.3 is 20.7 Å². The fourth-order valence-corrected chi connectivity index (χ4v) is 1.54. The first-order valence-electron chi connectivity index (χ1n) is 6.53. The maximum absolute atomic E-state index is 11.5. The van der Waals surface area contributed by atoms with Crippen molar-refractivity contribution in [1.29, 1.82) is 0 Å². The molecule has 0 bridgehead atoms. The number of methoxy groups -OCH3 is 1. The van der Waals surface area contributed by atoms with Gasteiger partial charge in [0.05, 0.1) is 7.11 Å². The van der Waals surface area contributed by atoms with Crippen LogP contribution in [0, 0.1) is 0 Å². The van der Waals surface area contributed by atoms with Crippen LogP contribution < -0.4 is 20.7 Å². The van der Waals surface area contributed by atoms with Gasteiger partial charge in [-0.05, 0) is 24.1 Å². The van der Waals surface area contributed by atoms with Gasteiger partial charge >= 0.3 is 11.8 Å². The van der Waals surface area contributed by atoms with Gasteiger partial charge in [0, 0.05) is 19.6 Å². The Kier molecular flexibility index (Phi) is 7.34. The number of carbonyl (C=O) groups excluding carboxylic acids is 3. The minimum absolute atomic E-state index is 0.267. The van der Waals surface area contributed by atoms with Crippen molar-refractivity contribution >= 4 is 18.2 Å². The third kappa shape index (κ3) is 6.42. The van der Waals surface area contributed by atoms with Gasteiger partial charge in [0.25, 0.3) is 0 Å². The smallest absolute Gasteiger partial charge is 0.309 e. The molecule has 0 saturated carbocycles. The second-order valence-electron chi connectivity index (χ2n) is 4.21. The van der Waals surface area contributed by atoms with Crippen LogP contribution in [0.4, 0.5) is 0 Å². The summed E-state index contributed by atoms with van der Waals surface area (Å²) in [4.78, 5) is 33.0. The molecule has 0 heterocycles. The molecule has 0 aliphatic heterocycles. The summed E-state index contributed by atoms with van der Waals surface area (Å²) in [5.41, 5.74) is 0.868. The molecule has 3 N–H and O–H groups in total. The van der Waals surface area contributed by atoms with Crippen molar-refractivity contribution in [3.8, 4) is 5.75 Å². The van der Waals surface area contributed by atoms with E-state index in [9.17, 15) is 14.4 Å². The van der Waals surface area contributed by atoms with Crippen LogP contribution in [0.3, 0.4) is 0 Å². The molecule has 1 rings (SSSR count). The molecule has 0 unspecified atom stereocenters. The summed E-state index contributed by atoms with van der Waals surface area (Å²) < 4.78 is 5.03. The molecule has 3 amide bonds. The molecule has 1 aromatic rings. The average Bonchev–Trinajstić information content (AvgIpc) is 2.52. The van der Waals surface area contributed by atoms with E-state index in [1.165, 1.54) is 0 Å². The molecule has 0 fully saturated rings. The van der Waals surface area contributed by atoms with Crippen LogP contribution in [0.15, 0.2) is 24.3 Å². The minimum Gasteiger partial charge on any atom is -0.497 e. The van der Waals surface area contributed by atoms with Crippen LogP contribution >= 0.6 is 0 Å². The molecular formula is C14H19N3O4. The SMILES string of the molecule is COc1ccc(CNC(=O)C(=O)NCCCNC=O)cc1. The standard InChI is InChI=1S/C14H19N3O4/c1-21-12-5-3-11(4-6-12)9-17-14(20)13(19)16-8-2-7-15-10-18/h3-6,10H,2,7-9H2,1H3,(H,15,18)(H,16,19)(H,17,20). The Morgan fingerprint density at radius 2 is 1.76 bits per heavy atom. The number of hydrogen-bond donors (Lipinski definition) is 3. The molecule has 0 atom stereocenters. The van der Waals surface area contributed by atoms with Crippen molar-refractivity contribution in [1.82, 2.24) is 16.0 Å². The van der Waals surface area contributed by atoms with Gasteiger partial charge in [-0.3, -0.25) is 14.4 Å². The van der Waals surface area contributed by atoms with Gasteiger partial charge in [-0.2, -0.15) is 0 Å². The third-order valence-electron chi connectivity index (χ3n) is 2.69. The molecule has 114 valence electrons. The van der Waals surface area contributed by atoms with E-state index in [1.54, 1.807) is 19.2 Å². The lowest BCUT2D eigenvalue weighted by Gasteiger charge is -2.07. The minimum atomic E-state index is -0.686. The lowest BCUT2D eigenvalue weighted by Crippen LogP contribution is -2.40. The summed E-state index contributed by atoms with van der Waals surface area (Å²) >= 11 is 0. The molecule has 21 heavy (non-hydrogen) atoms. The Morgan fingerprint density at radius 3 is 2.38 bits per heavy atom. The topological polar surface area (TPSA) is 96.5 Å². The number of hydrogen-bond acceptors (Lipinski definition) is 4. The average molecular weight is 293 g/mol. The van der Waals surface area contributed by atoms with Crippen LogP contribution in [-0.2, 0) is 20.9 Å². The largest absolute Gasteiger partial charge is 0.497 e. The maximum atomic E-state index is 11.5. The third-order valence-corrected chi connectivity index (χ3v) is 2.69. The zero-order chi connectivity index (χ0) is 15.5. The Bertz CT molecular complexity index is 474. The number of amides is 3. The van der Waals surface area contributed by atoms with Crippen molar-refractivity contribution in [2.24, 2.45) is 0 Å². The molecule has 0 saturated heterocycles. The van der Waals surface area contributed by atoms with Gasteiger partial charge in [0.15, 0.2) is 0 Å². The normalized spacial score (nSPS) is 9.57. The van der Waals surface area contributed by atoms with Crippen molar-refractivity contribution in [3.05, 3.63) is 29.8 Å². The molecule has 7 heteroatoms. The fourth-order valence-electron chi connectivity index (χ4n) is 1.54. The van der Waals surface area contributed by atoms with Gasteiger partial charge in [-0.1, -0.05) is 12.1 Å². The van der Waals surface area contributed by atoms with Crippen LogP contribution in [0.25, 0.3) is 0 Å². The van der Waals surface area contributed by atoms with E-state index < -0.39 is 11.8 Å². The Morgan fingerprint density at radius 1 is 1.10 bits per heavy atom. The zero-order valence-corrected chi connectivity index (χ0v) is 11.8. The monoisotopic (exact) mass is 293 g/mol. The number of rotatable bonds is 8. The quantitative estimate of drug-likeness (QED) is 0.344. The Labute approximate surface area is 123 Å². The highest BCUT2D eigenvalue weighted by atomic mass is 16.5. The summed E-state index contributed by atoms with van der Waals surface area (Å²) in [7, 11) is 1.58. The van der Waals surface area contributed by atoms with E-state index in [0.29, 0.717) is 25.9 Å². The van der Waals surface area contributed by atoms with E-state index in [4.69, 9.17) is 4.74 Å². The van der Waals surface area contributed by atoms with Crippen LogP contribution in [-0.4, -0.2) is 38.4 Å².